The summed E-state index contributed by atoms with van der Waals surface area (Å²) >= 11 is 1.38. The molecule has 0 aromatic carbocycles. The predicted octanol–water partition coefficient (Wildman–Crippen LogP) is 2.70. The van der Waals surface area contributed by atoms with Crippen molar-refractivity contribution < 1.29 is 9.53 Å². The van der Waals surface area contributed by atoms with Gasteiger partial charge < -0.3 is 10.1 Å². The van der Waals surface area contributed by atoms with E-state index >= 15 is 0 Å². The maximum Gasteiger partial charge on any atom is 0.367 e. The van der Waals surface area contributed by atoms with Crippen molar-refractivity contribution in [2.24, 2.45) is 0 Å². The second kappa shape index (κ2) is 5.36. The third kappa shape index (κ3) is 2.57. The van der Waals surface area contributed by atoms with E-state index in [1.807, 2.05) is 5.38 Å². The summed E-state index contributed by atoms with van der Waals surface area (Å²) in [7, 11) is 0. The van der Waals surface area contributed by atoms with Gasteiger partial charge in [0.25, 0.3) is 0 Å². The summed E-state index contributed by atoms with van der Waals surface area (Å²) in [6, 6.07) is 0.415. The number of nitrogens with one attached hydrogen (secondary N) is 1. The highest BCUT2D eigenvalue weighted by molar-refractivity contribution is 7.11. The van der Waals surface area contributed by atoms with Gasteiger partial charge in [-0.2, -0.15) is 0 Å². The van der Waals surface area contributed by atoms with Gasteiger partial charge in [0.1, 0.15) is 0 Å². The molecular weight excluding hydrogens is 248 g/mol. The van der Waals surface area contributed by atoms with Crippen LogP contribution in [0.25, 0.3) is 0 Å². The molecule has 0 radical (unpaired) electrons. The molecule has 1 saturated carbocycles. The molecule has 0 spiro atoms. The number of nitrogens with zero attached hydrogens (tertiary/aromatic N) is 1. The van der Waals surface area contributed by atoms with Gasteiger partial charge in [-0.25, -0.2) is 9.78 Å². The molecular formula is C13H20N2O2S. The smallest absolute Gasteiger partial charge is 0.367 e. The van der Waals surface area contributed by atoms with Gasteiger partial charge in [0.15, 0.2) is 0 Å². The van der Waals surface area contributed by atoms with E-state index in [-0.39, 0.29) is 11.5 Å². The van der Waals surface area contributed by atoms with Crippen molar-refractivity contribution in [1.29, 1.82) is 0 Å². The molecule has 1 heterocycles. The predicted molar refractivity (Wildman–Crippen MR) is 71.9 cm³/mol. The van der Waals surface area contributed by atoms with Crippen molar-refractivity contribution in [1.82, 2.24) is 10.3 Å². The fraction of sp³-hybridized carbons (Fsp3) is 0.692. The van der Waals surface area contributed by atoms with E-state index < -0.39 is 0 Å². The van der Waals surface area contributed by atoms with Crippen molar-refractivity contribution >= 4 is 17.3 Å². The first-order valence-electron chi connectivity index (χ1n) is 6.48. The van der Waals surface area contributed by atoms with Gasteiger partial charge in [0.2, 0.25) is 5.01 Å². The van der Waals surface area contributed by atoms with E-state index in [4.69, 9.17) is 4.74 Å². The van der Waals surface area contributed by atoms with E-state index in [9.17, 15) is 4.79 Å². The average Bonchev–Trinajstić information content (AvgIpc) is 2.73. The van der Waals surface area contributed by atoms with Crippen LogP contribution in [0.4, 0.5) is 0 Å². The molecule has 5 heteroatoms. The van der Waals surface area contributed by atoms with Crippen molar-refractivity contribution in [3.05, 3.63) is 16.1 Å². The zero-order valence-electron chi connectivity index (χ0n) is 11.2. The molecule has 100 valence electrons. The number of carbonyl (C=O) groups is 1. The van der Waals surface area contributed by atoms with E-state index in [0.717, 1.165) is 18.5 Å². The summed E-state index contributed by atoms with van der Waals surface area (Å²) in [5, 5.41) is 6.03. The van der Waals surface area contributed by atoms with Gasteiger partial charge >= 0.3 is 5.97 Å². The molecule has 4 nitrogen and oxygen atoms in total. The molecule has 1 aliphatic carbocycles. The first kappa shape index (κ1) is 13.5. The van der Waals surface area contributed by atoms with Crippen LogP contribution < -0.4 is 5.32 Å². The molecule has 2 rings (SSSR count). The lowest BCUT2D eigenvalue weighted by Gasteiger charge is -2.43. The Balaban J connectivity index is 2.15. The maximum atomic E-state index is 11.6. The Hall–Kier alpha value is -0.940. The Morgan fingerprint density at radius 2 is 2.33 bits per heavy atom. The molecule has 1 N–H and O–H groups in total. The van der Waals surface area contributed by atoms with Gasteiger partial charge in [0.05, 0.1) is 17.8 Å². The van der Waals surface area contributed by atoms with Crippen molar-refractivity contribution in [3.8, 4) is 0 Å². The number of thiazole rings is 1. The van der Waals surface area contributed by atoms with Crippen LogP contribution in [-0.2, 0) is 10.3 Å². The topological polar surface area (TPSA) is 51.2 Å². The lowest BCUT2D eigenvalue weighted by atomic mass is 9.74. The summed E-state index contributed by atoms with van der Waals surface area (Å²) in [6.07, 6.45) is 3.40. The molecule has 0 saturated heterocycles. The van der Waals surface area contributed by atoms with Crippen LogP contribution in [0.5, 0.6) is 0 Å². The lowest BCUT2D eigenvalue weighted by molar-refractivity contribution is 0.0525. The second-order valence-corrected chi connectivity index (χ2v) is 5.85. The van der Waals surface area contributed by atoms with E-state index in [1.54, 1.807) is 6.92 Å². The Bertz CT molecular complexity index is 424. The van der Waals surface area contributed by atoms with E-state index in [2.05, 4.69) is 24.1 Å². The Labute approximate surface area is 112 Å². The first-order chi connectivity index (χ1) is 8.57. The average molecular weight is 268 g/mol. The largest absolute Gasteiger partial charge is 0.461 e. The molecule has 1 aromatic heterocycles. The van der Waals surface area contributed by atoms with E-state index in [0.29, 0.717) is 17.7 Å². The van der Waals surface area contributed by atoms with Crippen molar-refractivity contribution in [3.63, 3.8) is 0 Å². The third-order valence-corrected chi connectivity index (χ3v) is 4.04. The summed E-state index contributed by atoms with van der Waals surface area (Å²) in [5.74, 6) is -0.312. The minimum atomic E-state index is -0.312. The zero-order valence-corrected chi connectivity index (χ0v) is 12.0. The second-order valence-electron chi connectivity index (χ2n) is 4.99. The molecule has 1 aliphatic rings. The van der Waals surface area contributed by atoms with Gasteiger partial charge in [-0.3, -0.25) is 0 Å². The summed E-state index contributed by atoms with van der Waals surface area (Å²) in [4.78, 5) is 16.1. The molecule has 18 heavy (non-hydrogen) atoms. The number of aromatic nitrogens is 1. The highest BCUT2D eigenvalue weighted by Gasteiger charge is 2.41. The quantitative estimate of drug-likeness (QED) is 0.834. The zero-order chi connectivity index (χ0) is 13.2. The molecule has 1 fully saturated rings. The van der Waals surface area contributed by atoms with Gasteiger partial charge in [-0.1, -0.05) is 0 Å². The number of rotatable bonds is 5. The van der Waals surface area contributed by atoms with Crippen molar-refractivity contribution in [2.45, 2.75) is 51.6 Å². The standard InChI is InChI=1S/C13H20N2O2S/c1-4-17-12(16)11-14-10(8-18-11)13(6-5-7-13)15-9(2)3/h8-9,15H,4-7H2,1-3H3. The molecule has 0 unspecified atom stereocenters. The van der Waals surface area contributed by atoms with Gasteiger partial charge in [0, 0.05) is 11.4 Å². The molecule has 0 bridgehead atoms. The fourth-order valence-corrected chi connectivity index (χ4v) is 3.15. The normalized spacial score (nSPS) is 17.6. The first-order valence-corrected chi connectivity index (χ1v) is 7.36. The number of esters is 1. The molecule has 0 atom stereocenters. The van der Waals surface area contributed by atoms with Crippen LogP contribution in [0.1, 0.15) is 55.5 Å². The Kier molecular flexibility index (Phi) is 4.02. The summed E-state index contributed by atoms with van der Waals surface area (Å²) < 4.78 is 4.98. The van der Waals surface area contributed by atoms with E-state index in [1.165, 1.54) is 17.8 Å². The van der Waals surface area contributed by atoms with Crippen LogP contribution >= 0.6 is 11.3 Å². The van der Waals surface area contributed by atoms with Gasteiger partial charge in [-0.05, 0) is 40.0 Å². The molecule has 0 aliphatic heterocycles. The minimum absolute atomic E-state index is 0.0184. The highest BCUT2D eigenvalue weighted by Crippen LogP contribution is 2.41. The minimum Gasteiger partial charge on any atom is -0.461 e. The number of carbonyl (C=O) groups excluding carboxylic acids is 1. The number of ether oxygens (including phenoxy) is 1. The summed E-state index contributed by atoms with van der Waals surface area (Å²) in [5.41, 5.74) is 0.977. The summed E-state index contributed by atoms with van der Waals surface area (Å²) in [6.45, 7) is 6.47. The Morgan fingerprint density at radius 3 is 2.83 bits per heavy atom. The lowest BCUT2D eigenvalue weighted by Crippen LogP contribution is -2.51. The molecule has 0 amide bonds. The molecule has 1 aromatic rings. The van der Waals surface area contributed by atoms with Crippen LogP contribution in [-0.4, -0.2) is 23.6 Å². The SMILES string of the molecule is CCOC(=O)c1nc(C2(NC(C)C)CCC2)cs1. The van der Waals surface area contributed by atoms with Crippen molar-refractivity contribution in [2.75, 3.05) is 6.61 Å². The fourth-order valence-electron chi connectivity index (χ4n) is 2.34. The highest BCUT2D eigenvalue weighted by atomic mass is 32.1. The number of hydrogen-bond donors (Lipinski definition) is 1. The monoisotopic (exact) mass is 268 g/mol. The van der Waals surface area contributed by atoms with Crippen LogP contribution in [0.2, 0.25) is 0 Å². The third-order valence-electron chi connectivity index (χ3n) is 3.22. The van der Waals surface area contributed by atoms with Crippen LogP contribution in [0.15, 0.2) is 5.38 Å². The van der Waals surface area contributed by atoms with Crippen LogP contribution in [0.3, 0.4) is 0 Å². The Morgan fingerprint density at radius 1 is 1.61 bits per heavy atom. The van der Waals surface area contributed by atoms with Gasteiger partial charge in [-0.15, -0.1) is 11.3 Å². The maximum absolute atomic E-state index is 11.6. The van der Waals surface area contributed by atoms with Crippen LogP contribution in [0, 0.1) is 0 Å². The number of hydrogen-bond acceptors (Lipinski definition) is 5.